The fourth-order valence-electron chi connectivity index (χ4n) is 2.49. The van der Waals surface area contributed by atoms with E-state index in [-0.39, 0.29) is 5.91 Å². The second-order valence-electron chi connectivity index (χ2n) is 5.38. The van der Waals surface area contributed by atoms with Gasteiger partial charge in [-0.3, -0.25) is 10.1 Å². The fourth-order valence-corrected chi connectivity index (χ4v) is 3.66. The summed E-state index contributed by atoms with van der Waals surface area (Å²) in [6, 6.07) is 8.72. The summed E-state index contributed by atoms with van der Waals surface area (Å²) < 4.78 is 0. The van der Waals surface area contributed by atoms with Gasteiger partial charge in [0, 0.05) is 10.4 Å². The summed E-state index contributed by atoms with van der Waals surface area (Å²) in [6.07, 6.45) is 3.20. The van der Waals surface area contributed by atoms with E-state index in [1.54, 1.807) is 35.6 Å². The number of carbonyl (C=O) groups is 1. The molecule has 106 valence electrons. The molecule has 0 saturated heterocycles. The number of hydrogen-bond donors (Lipinski definition) is 1. The van der Waals surface area contributed by atoms with Gasteiger partial charge in [0.2, 0.25) is 0 Å². The molecule has 0 saturated carbocycles. The molecule has 1 aromatic heterocycles. The highest BCUT2D eigenvalue weighted by molar-refractivity contribution is 7.15. The van der Waals surface area contributed by atoms with Crippen LogP contribution in [0.2, 0.25) is 0 Å². The van der Waals surface area contributed by atoms with Crippen molar-refractivity contribution in [2.24, 2.45) is 5.92 Å². The van der Waals surface area contributed by atoms with Crippen LogP contribution in [0.3, 0.4) is 0 Å². The summed E-state index contributed by atoms with van der Waals surface area (Å²) in [5.41, 5.74) is 2.09. The van der Waals surface area contributed by atoms with Crippen LogP contribution in [0, 0.1) is 17.2 Å². The van der Waals surface area contributed by atoms with Crippen molar-refractivity contribution >= 4 is 22.4 Å². The lowest BCUT2D eigenvalue weighted by Crippen LogP contribution is -2.12. The average Bonchev–Trinajstić information content (AvgIpc) is 2.88. The van der Waals surface area contributed by atoms with Crippen LogP contribution in [0.25, 0.3) is 0 Å². The predicted octanol–water partition coefficient (Wildman–Crippen LogP) is 3.39. The highest BCUT2D eigenvalue weighted by Gasteiger charge is 2.20. The standard InChI is InChI=1S/C16H15N3OS/c1-10-5-6-13-14(7-10)21-16(18-13)19-15(20)12-4-2-3-11(8-12)9-17/h2-4,8,10H,5-7H2,1H3,(H,18,19,20)/t10-/m1/s1. The van der Waals surface area contributed by atoms with Crippen LogP contribution in [0.4, 0.5) is 5.13 Å². The number of aromatic nitrogens is 1. The van der Waals surface area contributed by atoms with Crippen LogP contribution in [-0.4, -0.2) is 10.9 Å². The van der Waals surface area contributed by atoms with E-state index in [1.165, 1.54) is 4.88 Å². The zero-order valence-electron chi connectivity index (χ0n) is 11.7. The molecule has 5 heteroatoms. The summed E-state index contributed by atoms with van der Waals surface area (Å²) in [5, 5.41) is 12.4. The number of benzene rings is 1. The monoisotopic (exact) mass is 297 g/mol. The van der Waals surface area contributed by atoms with E-state index in [0.29, 0.717) is 22.2 Å². The second kappa shape index (κ2) is 5.66. The number of carbonyl (C=O) groups excluding carboxylic acids is 1. The first-order valence-corrected chi connectivity index (χ1v) is 7.77. The normalized spacial score (nSPS) is 16.9. The van der Waals surface area contributed by atoms with Crippen molar-refractivity contribution in [3.63, 3.8) is 0 Å². The maximum atomic E-state index is 12.2. The number of hydrogen-bond acceptors (Lipinski definition) is 4. The van der Waals surface area contributed by atoms with Crippen molar-refractivity contribution < 1.29 is 4.79 Å². The molecule has 2 aromatic rings. The van der Waals surface area contributed by atoms with Gasteiger partial charge < -0.3 is 0 Å². The molecule has 0 spiro atoms. The number of nitriles is 1. The summed E-state index contributed by atoms with van der Waals surface area (Å²) in [7, 11) is 0. The lowest BCUT2D eigenvalue weighted by molar-refractivity contribution is 0.102. The minimum Gasteiger partial charge on any atom is -0.298 e. The summed E-state index contributed by atoms with van der Waals surface area (Å²) in [6.45, 7) is 2.24. The van der Waals surface area contributed by atoms with Gasteiger partial charge in [-0.2, -0.15) is 5.26 Å². The lowest BCUT2D eigenvalue weighted by atomic mass is 9.93. The topological polar surface area (TPSA) is 65.8 Å². The Morgan fingerprint density at radius 3 is 3.19 bits per heavy atom. The van der Waals surface area contributed by atoms with Crippen LogP contribution in [-0.2, 0) is 12.8 Å². The summed E-state index contributed by atoms with van der Waals surface area (Å²) in [4.78, 5) is 18.0. The van der Waals surface area contributed by atoms with Crippen LogP contribution < -0.4 is 5.32 Å². The third-order valence-corrected chi connectivity index (χ3v) is 4.70. The van der Waals surface area contributed by atoms with Gasteiger partial charge in [-0.25, -0.2) is 4.98 Å². The molecule has 0 radical (unpaired) electrons. The number of amides is 1. The maximum absolute atomic E-state index is 12.2. The van der Waals surface area contributed by atoms with Gasteiger partial charge in [0.05, 0.1) is 17.3 Å². The van der Waals surface area contributed by atoms with Crippen molar-refractivity contribution in [1.82, 2.24) is 4.98 Å². The smallest absolute Gasteiger partial charge is 0.257 e. The first kappa shape index (κ1) is 13.8. The SMILES string of the molecule is C[C@@H]1CCc2nc(NC(=O)c3cccc(C#N)c3)sc2C1. The highest BCUT2D eigenvalue weighted by atomic mass is 32.1. The number of anilines is 1. The van der Waals surface area contributed by atoms with Crippen molar-refractivity contribution in [3.05, 3.63) is 46.0 Å². The molecule has 1 atom stereocenters. The summed E-state index contributed by atoms with van der Waals surface area (Å²) >= 11 is 1.56. The van der Waals surface area contributed by atoms with Gasteiger partial charge in [-0.1, -0.05) is 13.0 Å². The molecule has 1 N–H and O–H groups in total. The van der Waals surface area contributed by atoms with Gasteiger partial charge in [0.1, 0.15) is 0 Å². The molecule has 0 fully saturated rings. The predicted molar refractivity (Wildman–Crippen MR) is 82.4 cm³/mol. The molecule has 3 rings (SSSR count). The minimum atomic E-state index is -0.216. The van der Waals surface area contributed by atoms with Crippen LogP contribution in [0.1, 0.15) is 39.8 Å². The molecule has 1 aromatic carbocycles. The van der Waals surface area contributed by atoms with Crippen molar-refractivity contribution in [1.29, 1.82) is 5.26 Å². The molecule has 1 aliphatic carbocycles. The molecule has 0 unspecified atom stereocenters. The van der Waals surface area contributed by atoms with E-state index in [1.807, 2.05) is 6.07 Å². The Morgan fingerprint density at radius 1 is 1.52 bits per heavy atom. The quantitative estimate of drug-likeness (QED) is 0.924. The lowest BCUT2D eigenvalue weighted by Gasteiger charge is -2.15. The van der Waals surface area contributed by atoms with Crippen LogP contribution in [0.5, 0.6) is 0 Å². The number of aryl methyl sites for hydroxylation is 1. The molecule has 1 heterocycles. The Bertz CT molecular complexity index is 729. The summed E-state index contributed by atoms with van der Waals surface area (Å²) in [5.74, 6) is 0.472. The van der Waals surface area contributed by atoms with Gasteiger partial charge in [-0.05, 0) is 43.4 Å². The molecule has 1 aliphatic rings. The van der Waals surface area contributed by atoms with E-state index >= 15 is 0 Å². The molecule has 4 nitrogen and oxygen atoms in total. The van der Waals surface area contributed by atoms with E-state index in [0.717, 1.165) is 25.0 Å². The number of nitrogens with one attached hydrogen (secondary N) is 1. The fraction of sp³-hybridized carbons (Fsp3) is 0.312. The van der Waals surface area contributed by atoms with Crippen LogP contribution >= 0.6 is 11.3 Å². The average molecular weight is 297 g/mol. The molecule has 1 amide bonds. The number of rotatable bonds is 2. The first-order chi connectivity index (χ1) is 10.2. The molecule has 0 bridgehead atoms. The number of fused-ring (bicyclic) bond motifs is 1. The Morgan fingerprint density at radius 2 is 2.38 bits per heavy atom. The van der Waals surface area contributed by atoms with Crippen molar-refractivity contribution in [2.75, 3.05) is 5.32 Å². The minimum absolute atomic E-state index is 0.216. The molecular weight excluding hydrogens is 282 g/mol. The Kier molecular flexibility index (Phi) is 3.72. The highest BCUT2D eigenvalue weighted by Crippen LogP contribution is 2.32. The Hall–Kier alpha value is -2.19. The maximum Gasteiger partial charge on any atom is 0.257 e. The largest absolute Gasteiger partial charge is 0.298 e. The second-order valence-corrected chi connectivity index (χ2v) is 6.47. The Labute approximate surface area is 127 Å². The van der Waals surface area contributed by atoms with Crippen molar-refractivity contribution in [2.45, 2.75) is 26.2 Å². The molecule has 21 heavy (non-hydrogen) atoms. The Balaban J connectivity index is 1.77. The van der Waals surface area contributed by atoms with Gasteiger partial charge in [-0.15, -0.1) is 11.3 Å². The third kappa shape index (κ3) is 2.96. The van der Waals surface area contributed by atoms with Crippen LogP contribution in [0.15, 0.2) is 24.3 Å². The van der Waals surface area contributed by atoms with Gasteiger partial charge in [0.15, 0.2) is 5.13 Å². The number of thiazole rings is 1. The van der Waals surface area contributed by atoms with E-state index in [9.17, 15) is 4.79 Å². The third-order valence-electron chi connectivity index (χ3n) is 3.66. The van der Waals surface area contributed by atoms with E-state index < -0.39 is 0 Å². The molecule has 0 aliphatic heterocycles. The molecular formula is C16H15N3OS. The van der Waals surface area contributed by atoms with Crippen molar-refractivity contribution in [3.8, 4) is 6.07 Å². The van der Waals surface area contributed by atoms with E-state index in [4.69, 9.17) is 5.26 Å². The zero-order valence-corrected chi connectivity index (χ0v) is 12.5. The zero-order chi connectivity index (χ0) is 14.8. The van der Waals surface area contributed by atoms with Gasteiger partial charge in [0.25, 0.3) is 5.91 Å². The first-order valence-electron chi connectivity index (χ1n) is 6.96. The van der Waals surface area contributed by atoms with Gasteiger partial charge >= 0.3 is 0 Å². The number of nitrogens with zero attached hydrogens (tertiary/aromatic N) is 2. The van der Waals surface area contributed by atoms with E-state index in [2.05, 4.69) is 17.2 Å².